The number of nitrogens with zero attached hydrogens (tertiary/aromatic N) is 2. The van der Waals surface area contributed by atoms with Gasteiger partial charge in [0.1, 0.15) is 0 Å². The van der Waals surface area contributed by atoms with E-state index in [0.29, 0.717) is 5.92 Å². The molecule has 0 saturated heterocycles. The fraction of sp³-hybridized carbons (Fsp3) is 0.353. The molecule has 2 atom stereocenters. The summed E-state index contributed by atoms with van der Waals surface area (Å²) in [7, 11) is 0. The predicted molar refractivity (Wildman–Crippen MR) is 95.5 cm³/mol. The number of carbonyl (C=O) groups excluding carboxylic acids is 1. The van der Waals surface area contributed by atoms with Crippen molar-refractivity contribution >= 4 is 34.0 Å². The first-order valence-electron chi connectivity index (χ1n) is 8.10. The average Bonchev–Trinajstić information content (AvgIpc) is 3.27. The van der Waals surface area contributed by atoms with Crippen LogP contribution in [0, 0.1) is 6.92 Å². The second-order valence-corrected chi connectivity index (χ2v) is 7.16. The second kappa shape index (κ2) is 6.24. The highest BCUT2D eigenvalue weighted by Crippen LogP contribution is 2.36. The van der Waals surface area contributed by atoms with Gasteiger partial charge in [-0.05, 0) is 38.3 Å². The van der Waals surface area contributed by atoms with Crippen LogP contribution < -0.4 is 10.6 Å². The third kappa shape index (κ3) is 2.99. The number of rotatable bonds is 3. The normalized spacial score (nSPS) is 20.4. The third-order valence-corrected chi connectivity index (χ3v) is 5.61. The van der Waals surface area contributed by atoms with Crippen LogP contribution in [0.15, 0.2) is 29.8 Å². The first kappa shape index (κ1) is 15.1. The first-order chi connectivity index (χ1) is 11.7. The Morgan fingerprint density at radius 1 is 1.38 bits per heavy atom. The molecule has 124 valence electrons. The number of benzene rings is 1. The summed E-state index contributed by atoms with van der Waals surface area (Å²) in [5.74, 6) is 0.464. The van der Waals surface area contributed by atoms with Crippen LogP contribution in [0.2, 0.25) is 0 Å². The van der Waals surface area contributed by atoms with Crippen molar-refractivity contribution in [2.75, 3.05) is 5.32 Å². The van der Waals surface area contributed by atoms with E-state index in [-0.39, 0.29) is 12.1 Å². The van der Waals surface area contributed by atoms with Gasteiger partial charge in [-0.3, -0.25) is 5.10 Å². The summed E-state index contributed by atoms with van der Waals surface area (Å²) in [6.45, 7) is 2.02. The van der Waals surface area contributed by atoms with E-state index in [1.54, 1.807) is 17.5 Å². The van der Waals surface area contributed by atoms with Crippen LogP contribution >= 0.6 is 11.3 Å². The molecule has 1 fully saturated rings. The Morgan fingerprint density at radius 2 is 2.29 bits per heavy atom. The largest absolute Gasteiger partial charge is 0.335 e. The lowest BCUT2D eigenvalue weighted by Crippen LogP contribution is -2.36. The summed E-state index contributed by atoms with van der Waals surface area (Å²) in [5, 5.41) is 17.1. The molecule has 0 unspecified atom stereocenters. The first-order valence-corrected chi connectivity index (χ1v) is 8.98. The van der Waals surface area contributed by atoms with Crippen LogP contribution in [0.5, 0.6) is 0 Å². The Bertz CT molecular complexity index is 871. The molecule has 24 heavy (non-hydrogen) atoms. The van der Waals surface area contributed by atoms with Crippen molar-refractivity contribution in [2.45, 2.75) is 38.1 Å². The van der Waals surface area contributed by atoms with Crippen LogP contribution in [0.1, 0.15) is 35.9 Å². The lowest BCUT2D eigenvalue weighted by Gasteiger charge is -2.14. The van der Waals surface area contributed by atoms with Crippen molar-refractivity contribution < 1.29 is 4.79 Å². The summed E-state index contributed by atoms with van der Waals surface area (Å²) in [6.07, 6.45) is 4.75. The van der Waals surface area contributed by atoms with Gasteiger partial charge in [-0.2, -0.15) is 5.10 Å². The van der Waals surface area contributed by atoms with Crippen LogP contribution in [0.25, 0.3) is 10.9 Å². The van der Waals surface area contributed by atoms with E-state index in [0.717, 1.165) is 41.5 Å². The van der Waals surface area contributed by atoms with Gasteiger partial charge in [0, 0.05) is 28.4 Å². The molecule has 2 heterocycles. The van der Waals surface area contributed by atoms with Gasteiger partial charge in [-0.25, -0.2) is 9.78 Å². The lowest BCUT2D eigenvalue weighted by atomic mass is 10.1. The van der Waals surface area contributed by atoms with Crippen LogP contribution in [0.3, 0.4) is 0 Å². The van der Waals surface area contributed by atoms with Gasteiger partial charge in [0.15, 0.2) is 0 Å². The Morgan fingerprint density at radius 3 is 3.12 bits per heavy atom. The highest BCUT2D eigenvalue weighted by molar-refractivity contribution is 7.09. The number of hydrogen-bond donors (Lipinski definition) is 3. The summed E-state index contributed by atoms with van der Waals surface area (Å²) >= 11 is 1.72. The molecule has 7 heteroatoms. The molecule has 2 amide bonds. The molecule has 4 rings (SSSR count). The highest BCUT2D eigenvalue weighted by Gasteiger charge is 2.28. The number of thiazole rings is 1. The molecule has 1 saturated carbocycles. The molecule has 3 aromatic rings. The van der Waals surface area contributed by atoms with Gasteiger partial charge in [0.2, 0.25) is 0 Å². The predicted octanol–water partition coefficient (Wildman–Crippen LogP) is 3.79. The molecule has 0 spiro atoms. The van der Waals surface area contributed by atoms with E-state index < -0.39 is 0 Å². The minimum atomic E-state index is -0.162. The number of amides is 2. The van der Waals surface area contributed by atoms with Gasteiger partial charge in [-0.1, -0.05) is 6.07 Å². The summed E-state index contributed by atoms with van der Waals surface area (Å²) in [6, 6.07) is 5.75. The van der Waals surface area contributed by atoms with Crippen LogP contribution in [-0.2, 0) is 0 Å². The van der Waals surface area contributed by atoms with E-state index in [9.17, 15) is 4.79 Å². The summed E-state index contributed by atoms with van der Waals surface area (Å²) in [5.41, 5.74) is 2.76. The van der Waals surface area contributed by atoms with E-state index >= 15 is 0 Å². The van der Waals surface area contributed by atoms with Crippen LogP contribution in [-0.4, -0.2) is 27.3 Å². The smallest absolute Gasteiger partial charge is 0.319 e. The molecule has 1 aromatic carbocycles. The van der Waals surface area contributed by atoms with Gasteiger partial charge >= 0.3 is 6.03 Å². The zero-order valence-electron chi connectivity index (χ0n) is 13.4. The maximum Gasteiger partial charge on any atom is 0.319 e. The molecule has 1 aliphatic carbocycles. The van der Waals surface area contributed by atoms with Crippen molar-refractivity contribution in [1.82, 2.24) is 20.5 Å². The fourth-order valence-corrected chi connectivity index (χ4v) is 4.26. The molecule has 0 radical (unpaired) electrons. The SMILES string of the molecule is Cc1csc([C@@H]2CC[C@H](NC(=O)Nc3cccc4[nH]ncc34)C2)n1. The molecule has 0 bridgehead atoms. The zero-order valence-corrected chi connectivity index (χ0v) is 14.2. The number of carbonyl (C=O) groups is 1. The van der Waals surface area contributed by atoms with Crippen molar-refractivity contribution in [3.8, 4) is 0 Å². The summed E-state index contributed by atoms with van der Waals surface area (Å²) in [4.78, 5) is 16.9. The van der Waals surface area contributed by atoms with Gasteiger partial charge in [0.05, 0.1) is 22.4 Å². The summed E-state index contributed by atoms with van der Waals surface area (Å²) < 4.78 is 0. The van der Waals surface area contributed by atoms with E-state index in [4.69, 9.17) is 0 Å². The van der Waals surface area contributed by atoms with E-state index in [1.165, 1.54) is 5.01 Å². The second-order valence-electron chi connectivity index (χ2n) is 6.27. The monoisotopic (exact) mass is 341 g/mol. The minimum Gasteiger partial charge on any atom is -0.335 e. The molecule has 1 aliphatic rings. The Balaban J connectivity index is 1.37. The van der Waals surface area contributed by atoms with E-state index in [1.807, 2.05) is 25.1 Å². The number of nitrogens with one attached hydrogen (secondary N) is 3. The topological polar surface area (TPSA) is 82.7 Å². The molecular weight excluding hydrogens is 322 g/mol. The molecule has 6 nitrogen and oxygen atoms in total. The number of hydrogen-bond acceptors (Lipinski definition) is 4. The number of urea groups is 1. The van der Waals surface area contributed by atoms with Crippen LogP contribution in [0.4, 0.5) is 10.5 Å². The Hall–Kier alpha value is -2.41. The Labute approximate surface area is 143 Å². The number of H-pyrrole nitrogens is 1. The average molecular weight is 341 g/mol. The maximum absolute atomic E-state index is 12.3. The van der Waals surface area contributed by atoms with Gasteiger partial charge < -0.3 is 10.6 Å². The number of aromatic nitrogens is 3. The standard InChI is InChI=1S/C17H19N5OS/c1-10-9-24-16(19-10)11-5-6-12(7-11)20-17(23)21-14-3-2-4-15-13(14)8-18-22-15/h2-4,8-9,11-12H,5-7H2,1H3,(H,18,22)(H2,20,21,23)/t11-,12+/m1/s1. The Kier molecular flexibility index (Phi) is 3.93. The van der Waals surface area contributed by atoms with Crippen molar-refractivity contribution in [3.63, 3.8) is 0 Å². The number of anilines is 1. The quantitative estimate of drug-likeness (QED) is 0.678. The fourth-order valence-electron chi connectivity index (χ4n) is 3.32. The molecule has 3 N–H and O–H groups in total. The molecular formula is C17H19N5OS. The van der Waals surface area contributed by atoms with Crippen molar-refractivity contribution in [3.05, 3.63) is 40.5 Å². The zero-order chi connectivity index (χ0) is 16.5. The number of aromatic amines is 1. The maximum atomic E-state index is 12.3. The third-order valence-electron chi connectivity index (χ3n) is 4.49. The van der Waals surface area contributed by atoms with Crippen molar-refractivity contribution in [2.24, 2.45) is 0 Å². The molecule has 2 aromatic heterocycles. The lowest BCUT2D eigenvalue weighted by molar-refractivity contribution is 0.248. The molecule has 0 aliphatic heterocycles. The number of fused-ring (bicyclic) bond motifs is 1. The highest BCUT2D eigenvalue weighted by atomic mass is 32.1. The number of aryl methyl sites for hydroxylation is 1. The minimum absolute atomic E-state index is 0.162. The van der Waals surface area contributed by atoms with Gasteiger partial charge in [0.25, 0.3) is 0 Å². The van der Waals surface area contributed by atoms with E-state index in [2.05, 4.69) is 31.2 Å². The van der Waals surface area contributed by atoms with Gasteiger partial charge in [-0.15, -0.1) is 11.3 Å². The van der Waals surface area contributed by atoms with Crippen molar-refractivity contribution in [1.29, 1.82) is 0 Å².